The molecule has 102 valence electrons. The van der Waals surface area contributed by atoms with Crippen LogP contribution in [0, 0.1) is 0 Å². The minimum Gasteiger partial charge on any atom is -0.469 e. The second-order valence-corrected chi connectivity index (χ2v) is 4.21. The molecule has 2 atom stereocenters. The van der Waals surface area contributed by atoms with Crippen molar-refractivity contribution in [2.75, 3.05) is 12.8 Å². The molecule has 0 bridgehead atoms. The molecular weight excluding hydrogens is 250 g/mol. The molecular formula is C12H15N3O4. The number of esters is 1. The maximum absolute atomic E-state index is 11.0. The molecule has 0 aliphatic rings. The van der Waals surface area contributed by atoms with E-state index in [0.717, 1.165) is 5.39 Å². The number of nitrogen functional groups attached to an aromatic ring is 1. The lowest BCUT2D eigenvalue weighted by molar-refractivity contribution is -0.144. The summed E-state index contributed by atoms with van der Waals surface area (Å²) in [5, 5.41) is 27.0. The van der Waals surface area contributed by atoms with Crippen LogP contribution >= 0.6 is 0 Å². The van der Waals surface area contributed by atoms with E-state index in [4.69, 9.17) is 5.73 Å². The van der Waals surface area contributed by atoms with Gasteiger partial charge >= 0.3 is 5.97 Å². The highest BCUT2D eigenvalue weighted by atomic mass is 16.5. The summed E-state index contributed by atoms with van der Waals surface area (Å²) in [7, 11) is 1.22. The molecule has 0 amide bonds. The zero-order valence-electron chi connectivity index (χ0n) is 10.3. The number of methoxy groups -OCH3 is 1. The molecule has 7 nitrogen and oxygen atoms in total. The molecule has 7 heteroatoms. The van der Waals surface area contributed by atoms with Crippen molar-refractivity contribution in [3.05, 3.63) is 23.8 Å². The van der Waals surface area contributed by atoms with Gasteiger partial charge in [-0.2, -0.15) is 5.10 Å². The largest absolute Gasteiger partial charge is 0.469 e. The molecule has 0 saturated heterocycles. The van der Waals surface area contributed by atoms with Crippen molar-refractivity contribution >= 4 is 22.7 Å². The third-order valence-corrected chi connectivity index (χ3v) is 2.93. The van der Waals surface area contributed by atoms with Crippen molar-refractivity contribution in [2.24, 2.45) is 0 Å². The molecule has 5 N–H and O–H groups in total. The Kier molecular flexibility index (Phi) is 3.68. The summed E-state index contributed by atoms with van der Waals surface area (Å²) in [6.07, 6.45) is -2.70. The van der Waals surface area contributed by atoms with Crippen molar-refractivity contribution in [3.63, 3.8) is 0 Å². The Morgan fingerprint density at radius 3 is 2.95 bits per heavy atom. The highest BCUT2D eigenvalue weighted by Crippen LogP contribution is 2.25. The first-order valence-electron chi connectivity index (χ1n) is 5.69. The summed E-state index contributed by atoms with van der Waals surface area (Å²) in [6.45, 7) is 0. The van der Waals surface area contributed by atoms with Crippen LogP contribution in [0.15, 0.2) is 18.2 Å². The third kappa shape index (κ3) is 2.67. The average Bonchev–Trinajstić information content (AvgIpc) is 2.78. The summed E-state index contributed by atoms with van der Waals surface area (Å²) >= 11 is 0. The number of nitrogens with two attached hydrogens (primary N) is 1. The Hall–Kier alpha value is -2.12. The van der Waals surface area contributed by atoms with E-state index < -0.39 is 18.2 Å². The number of nitrogens with zero attached hydrogens (tertiary/aromatic N) is 1. The summed E-state index contributed by atoms with van der Waals surface area (Å²) in [6, 6.07) is 4.95. The topological polar surface area (TPSA) is 121 Å². The zero-order chi connectivity index (χ0) is 14.0. The number of aliphatic hydroxyl groups excluding tert-OH is 2. The van der Waals surface area contributed by atoms with E-state index >= 15 is 0 Å². The number of hydrogen-bond acceptors (Lipinski definition) is 6. The molecule has 2 rings (SSSR count). The lowest BCUT2D eigenvalue weighted by atomic mass is 10.0. The van der Waals surface area contributed by atoms with Crippen molar-refractivity contribution in [2.45, 2.75) is 18.6 Å². The van der Waals surface area contributed by atoms with Crippen molar-refractivity contribution in [3.8, 4) is 0 Å². The van der Waals surface area contributed by atoms with Crippen molar-refractivity contribution in [1.29, 1.82) is 0 Å². The van der Waals surface area contributed by atoms with Gasteiger partial charge in [-0.05, 0) is 17.7 Å². The van der Waals surface area contributed by atoms with Crippen LogP contribution < -0.4 is 5.73 Å². The average molecular weight is 265 g/mol. The van der Waals surface area contributed by atoms with E-state index in [-0.39, 0.29) is 6.42 Å². The number of rotatable bonds is 4. The Morgan fingerprint density at radius 2 is 2.26 bits per heavy atom. The first-order chi connectivity index (χ1) is 9.02. The molecule has 0 radical (unpaired) electrons. The fourth-order valence-corrected chi connectivity index (χ4v) is 1.83. The number of benzene rings is 1. The lowest BCUT2D eigenvalue weighted by Gasteiger charge is -2.17. The molecule has 2 aromatic rings. The van der Waals surface area contributed by atoms with E-state index in [0.29, 0.717) is 16.9 Å². The number of nitrogens with one attached hydrogen (secondary N) is 1. The number of carbonyl (C=O) groups is 1. The van der Waals surface area contributed by atoms with Gasteiger partial charge in [0, 0.05) is 5.39 Å². The molecule has 19 heavy (non-hydrogen) atoms. The Labute approximate surface area is 109 Å². The molecule has 1 heterocycles. The SMILES string of the molecule is COC(=O)CC(O)C(O)c1ccc2c(N)n[nH]c2c1. The van der Waals surface area contributed by atoms with Crippen molar-refractivity contribution in [1.82, 2.24) is 10.2 Å². The fraction of sp³-hybridized carbons (Fsp3) is 0.333. The van der Waals surface area contributed by atoms with Crippen LogP contribution in [0.1, 0.15) is 18.1 Å². The second kappa shape index (κ2) is 5.25. The van der Waals surface area contributed by atoms with Gasteiger partial charge in [0.1, 0.15) is 6.10 Å². The summed E-state index contributed by atoms with van der Waals surface area (Å²) in [5.41, 5.74) is 6.75. The van der Waals surface area contributed by atoms with Crippen LogP contribution in [-0.4, -0.2) is 39.6 Å². The highest BCUT2D eigenvalue weighted by Gasteiger charge is 2.22. The van der Waals surface area contributed by atoms with E-state index in [1.165, 1.54) is 7.11 Å². The lowest BCUT2D eigenvalue weighted by Crippen LogP contribution is -2.22. The second-order valence-electron chi connectivity index (χ2n) is 4.21. The summed E-state index contributed by atoms with van der Waals surface area (Å²) < 4.78 is 4.44. The Morgan fingerprint density at radius 1 is 1.53 bits per heavy atom. The number of carbonyl (C=O) groups excluding carboxylic acids is 1. The van der Waals surface area contributed by atoms with Gasteiger partial charge in [0.2, 0.25) is 0 Å². The van der Waals surface area contributed by atoms with Gasteiger partial charge in [-0.1, -0.05) is 6.07 Å². The molecule has 0 spiro atoms. The van der Waals surface area contributed by atoms with Gasteiger partial charge in [0.15, 0.2) is 5.82 Å². The minimum absolute atomic E-state index is 0.277. The molecule has 0 aliphatic heterocycles. The quantitative estimate of drug-likeness (QED) is 0.582. The normalized spacial score (nSPS) is 14.3. The van der Waals surface area contributed by atoms with Gasteiger partial charge < -0.3 is 20.7 Å². The smallest absolute Gasteiger partial charge is 0.308 e. The third-order valence-electron chi connectivity index (χ3n) is 2.93. The first kappa shape index (κ1) is 13.3. The van der Waals surface area contributed by atoms with Gasteiger partial charge in [-0.25, -0.2) is 0 Å². The molecule has 0 aliphatic carbocycles. The van der Waals surface area contributed by atoms with Crippen LogP contribution in [-0.2, 0) is 9.53 Å². The van der Waals surface area contributed by atoms with Gasteiger partial charge in [0.25, 0.3) is 0 Å². The molecule has 0 fully saturated rings. The number of aromatic amines is 1. The van der Waals surface area contributed by atoms with E-state index in [1.807, 2.05) is 0 Å². The van der Waals surface area contributed by atoms with Crippen LogP contribution in [0.4, 0.5) is 5.82 Å². The van der Waals surface area contributed by atoms with Crippen LogP contribution in [0.3, 0.4) is 0 Å². The fourth-order valence-electron chi connectivity index (χ4n) is 1.83. The van der Waals surface area contributed by atoms with E-state index in [1.54, 1.807) is 18.2 Å². The predicted molar refractivity (Wildman–Crippen MR) is 68.1 cm³/mol. The number of aliphatic hydroxyl groups is 2. The summed E-state index contributed by atoms with van der Waals surface area (Å²) in [4.78, 5) is 11.0. The molecule has 2 unspecified atom stereocenters. The monoisotopic (exact) mass is 265 g/mol. The number of hydrogen-bond donors (Lipinski definition) is 4. The number of fused-ring (bicyclic) bond motifs is 1. The van der Waals surface area contributed by atoms with E-state index in [2.05, 4.69) is 14.9 Å². The number of anilines is 1. The Balaban J connectivity index is 2.20. The van der Waals surface area contributed by atoms with Gasteiger partial charge in [-0.3, -0.25) is 9.89 Å². The predicted octanol–water partition coefficient (Wildman–Crippen LogP) is 0.102. The zero-order valence-corrected chi connectivity index (χ0v) is 10.3. The van der Waals surface area contributed by atoms with Crippen LogP contribution in [0.5, 0.6) is 0 Å². The highest BCUT2D eigenvalue weighted by molar-refractivity contribution is 5.88. The molecule has 0 saturated carbocycles. The van der Waals surface area contributed by atoms with Gasteiger partial charge in [-0.15, -0.1) is 0 Å². The Bertz CT molecular complexity index is 596. The maximum atomic E-state index is 11.0. The number of ether oxygens (including phenoxy) is 1. The molecule has 1 aromatic heterocycles. The van der Waals surface area contributed by atoms with Crippen LogP contribution in [0.25, 0.3) is 10.9 Å². The first-order valence-corrected chi connectivity index (χ1v) is 5.69. The molecule has 1 aromatic carbocycles. The van der Waals surface area contributed by atoms with Crippen molar-refractivity contribution < 1.29 is 19.7 Å². The summed E-state index contributed by atoms with van der Waals surface area (Å²) in [5.74, 6) is -0.218. The van der Waals surface area contributed by atoms with E-state index in [9.17, 15) is 15.0 Å². The van der Waals surface area contributed by atoms with Crippen LogP contribution in [0.2, 0.25) is 0 Å². The standard InChI is InChI=1S/C12H15N3O4/c1-19-10(17)5-9(16)11(18)6-2-3-7-8(4-6)14-15-12(7)13/h2-4,9,11,16,18H,5H2,1H3,(H3,13,14,15). The minimum atomic E-state index is -1.23. The maximum Gasteiger partial charge on any atom is 0.308 e. The number of aromatic nitrogens is 2. The number of H-pyrrole nitrogens is 1. The van der Waals surface area contributed by atoms with Gasteiger partial charge in [0.05, 0.1) is 25.2 Å².